The van der Waals surface area contributed by atoms with Gasteiger partial charge in [0.1, 0.15) is 11.6 Å². The summed E-state index contributed by atoms with van der Waals surface area (Å²) in [7, 11) is 1.49. The summed E-state index contributed by atoms with van der Waals surface area (Å²) in [5.41, 5.74) is 6.73. The van der Waals surface area contributed by atoms with Crippen LogP contribution < -0.4 is 20.7 Å². The van der Waals surface area contributed by atoms with Gasteiger partial charge in [-0.3, -0.25) is 14.4 Å². The number of primary amides is 1. The van der Waals surface area contributed by atoms with E-state index in [0.717, 1.165) is 16.6 Å². The van der Waals surface area contributed by atoms with E-state index >= 15 is 0 Å². The van der Waals surface area contributed by atoms with E-state index in [1.165, 1.54) is 7.11 Å². The summed E-state index contributed by atoms with van der Waals surface area (Å²) in [5, 5.41) is 5.24. The number of piperazine rings is 1. The first-order valence-electron chi connectivity index (χ1n) is 11.2. The van der Waals surface area contributed by atoms with Crippen molar-refractivity contribution in [1.82, 2.24) is 9.88 Å². The number of hydrogen-bond acceptors (Lipinski definition) is 7. The highest BCUT2D eigenvalue weighted by molar-refractivity contribution is 6.38. The maximum absolute atomic E-state index is 13.3. The zero-order valence-electron chi connectivity index (χ0n) is 18.8. The van der Waals surface area contributed by atoms with Crippen LogP contribution in [0.3, 0.4) is 0 Å². The molecule has 3 N–H and O–H groups in total. The van der Waals surface area contributed by atoms with Gasteiger partial charge in [0.15, 0.2) is 0 Å². The summed E-state index contributed by atoms with van der Waals surface area (Å²) in [6.45, 7) is 2.20. The van der Waals surface area contributed by atoms with Gasteiger partial charge in [0.2, 0.25) is 5.78 Å². The van der Waals surface area contributed by atoms with Gasteiger partial charge in [0.05, 0.1) is 24.3 Å². The third-order valence-electron chi connectivity index (χ3n) is 6.57. The fourth-order valence-electron chi connectivity index (χ4n) is 4.83. The number of ketones is 1. The molecule has 5 rings (SSSR count). The molecule has 0 aliphatic carbocycles. The Balaban J connectivity index is 1.32. The van der Waals surface area contributed by atoms with Crippen LogP contribution in [0, 0.1) is 0 Å². The van der Waals surface area contributed by atoms with Crippen LogP contribution >= 0.6 is 0 Å². The average molecular weight is 460 g/mol. The van der Waals surface area contributed by atoms with E-state index in [2.05, 4.69) is 15.2 Å². The number of hydrogen-bond donors (Lipinski definition) is 2. The number of nitrogens with zero attached hydrogens (tertiary/aromatic N) is 3. The van der Waals surface area contributed by atoms with Gasteiger partial charge in [-0.25, -0.2) is 4.98 Å². The lowest BCUT2D eigenvalue weighted by Gasteiger charge is -2.35. The Kier molecular flexibility index (Phi) is 5.53. The molecule has 0 spiro atoms. The Morgan fingerprint density at radius 2 is 1.82 bits per heavy atom. The van der Waals surface area contributed by atoms with Crippen LogP contribution in [0.5, 0.6) is 5.75 Å². The molecule has 0 bridgehead atoms. The SMILES string of the molecule is COc1ccc(C(N)=O)c2c1C(C(=O)C(=O)N1CCN(c3nccc4ccccc34)CC1)CN2. The molecule has 1 aromatic heterocycles. The molecule has 1 fully saturated rings. The molecule has 174 valence electrons. The van der Waals surface area contributed by atoms with Crippen molar-refractivity contribution < 1.29 is 19.1 Å². The zero-order chi connectivity index (χ0) is 23.8. The summed E-state index contributed by atoms with van der Waals surface area (Å²) in [5.74, 6) is -1.07. The molecule has 3 heterocycles. The van der Waals surface area contributed by atoms with Crippen LogP contribution in [0.4, 0.5) is 11.5 Å². The number of fused-ring (bicyclic) bond motifs is 2. The molecule has 2 aromatic carbocycles. The summed E-state index contributed by atoms with van der Waals surface area (Å²) in [6.07, 6.45) is 1.79. The van der Waals surface area contributed by atoms with E-state index in [9.17, 15) is 14.4 Å². The molecule has 1 unspecified atom stereocenters. The molecule has 9 heteroatoms. The number of pyridine rings is 1. The number of rotatable bonds is 5. The van der Waals surface area contributed by atoms with Crippen molar-refractivity contribution in [2.24, 2.45) is 5.73 Å². The monoisotopic (exact) mass is 459 g/mol. The summed E-state index contributed by atoms with van der Waals surface area (Å²) in [4.78, 5) is 46.5. The first-order chi connectivity index (χ1) is 16.5. The van der Waals surface area contributed by atoms with E-state index in [4.69, 9.17) is 10.5 Å². The molecule has 3 aromatic rings. The summed E-state index contributed by atoms with van der Waals surface area (Å²) in [6, 6.07) is 13.2. The molecule has 34 heavy (non-hydrogen) atoms. The van der Waals surface area contributed by atoms with Crippen molar-refractivity contribution >= 4 is 39.9 Å². The van der Waals surface area contributed by atoms with Crippen molar-refractivity contribution in [2.45, 2.75) is 5.92 Å². The maximum Gasteiger partial charge on any atom is 0.290 e. The molecule has 2 aliphatic rings. The van der Waals surface area contributed by atoms with E-state index in [1.807, 2.05) is 30.3 Å². The molecule has 2 amide bonds. The van der Waals surface area contributed by atoms with Gasteiger partial charge in [0.25, 0.3) is 11.8 Å². The van der Waals surface area contributed by atoms with Crippen molar-refractivity contribution in [3.63, 3.8) is 0 Å². The Hall–Kier alpha value is -4.14. The second-order valence-corrected chi connectivity index (χ2v) is 8.40. The van der Waals surface area contributed by atoms with Gasteiger partial charge in [-0.15, -0.1) is 0 Å². The van der Waals surface area contributed by atoms with Crippen molar-refractivity contribution in [1.29, 1.82) is 0 Å². The number of amides is 2. The highest BCUT2D eigenvalue weighted by Crippen LogP contribution is 2.41. The van der Waals surface area contributed by atoms with Gasteiger partial charge in [0, 0.05) is 49.9 Å². The molecule has 0 radical (unpaired) electrons. The second-order valence-electron chi connectivity index (χ2n) is 8.40. The predicted octanol–water partition coefficient (Wildman–Crippen LogP) is 1.77. The number of carbonyl (C=O) groups excluding carboxylic acids is 3. The Morgan fingerprint density at radius 3 is 2.56 bits per heavy atom. The molecule has 2 aliphatic heterocycles. The first-order valence-corrected chi connectivity index (χ1v) is 11.2. The second kappa shape index (κ2) is 8.66. The van der Waals surface area contributed by atoms with E-state index in [-0.39, 0.29) is 12.1 Å². The van der Waals surface area contributed by atoms with Crippen LogP contribution in [0.15, 0.2) is 48.7 Å². The molecule has 1 saturated heterocycles. The first kappa shape index (κ1) is 21.7. The van der Waals surface area contributed by atoms with Gasteiger partial charge < -0.3 is 25.6 Å². The van der Waals surface area contributed by atoms with E-state index < -0.39 is 23.5 Å². The highest BCUT2D eigenvalue weighted by atomic mass is 16.5. The predicted molar refractivity (Wildman–Crippen MR) is 128 cm³/mol. The minimum Gasteiger partial charge on any atom is -0.496 e. The third kappa shape index (κ3) is 3.59. The Bertz CT molecular complexity index is 1290. The topological polar surface area (TPSA) is 118 Å². The summed E-state index contributed by atoms with van der Waals surface area (Å²) >= 11 is 0. The average Bonchev–Trinajstić information content (AvgIpc) is 3.32. The number of nitrogens with one attached hydrogen (secondary N) is 1. The van der Waals surface area contributed by atoms with Gasteiger partial charge >= 0.3 is 0 Å². The van der Waals surface area contributed by atoms with Crippen molar-refractivity contribution in [3.05, 3.63) is 59.8 Å². The number of benzene rings is 2. The fourth-order valence-corrected chi connectivity index (χ4v) is 4.83. The van der Waals surface area contributed by atoms with Crippen LogP contribution in [0.2, 0.25) is 0 Å². The Morgan fingerprint density at radius 1 is 1.06 bits per heavy atom. The normalized spacial score (nSPS) is 17.3. The fraction of sp³-hybridized carbons (Fsp3) is 0.280. The van der Waals surface area contributed by atoms with Gasteiger partial charge in [-0.1, -0.05) is 24.3 Å². The lowest BCUT2D eigenvalue weighted by molar-refractivity contribution is -0.145. The quantitative estimate of drug-likeness (QED) is 0.558. The van der Waals surface area contributed by atoms with Crippen molar-refractivity contribution in [3.8, 4) is 5.75 Å². The number of carbonyl (C=O) groups is 3. The molecule has 0 saturated carbocycles. The zero-order valence-corrected chi connectivity index (χ0v) is 18.8. The standard InChI is InChI=1S/C25H25N5O4/c1-34-19-7-6-17(23(26)32)21-20(19)18(14-28-21)22(31)25(33)30-12-10-29(11-13-30)24-16-5-3-2-4-15(16)8-9-27-24/h2-9,18,28H,10-14H2,1H3,(H2,26,32). The van der Waals surface area contributed by atoms with Gasteiger partial charge in [-0.2, -0.15) is 0 Å². The van der Waals surface area contributed by atoms with Crippen LogP contribution in [0.25, 0.3) is 10.8 Å². The number of anilines is 2. The molecular weight excluding hydrogens is 434 g/mol. The van der Waals surface area contributed by atoms with Crippen LogP contribution in [0.1, 0.15) is 21.8 Å². The van der Waals surface area contributed by atoms with E-state index in [0.29, 0.717) is 43.2 Å². The lowest BCUT2D eigenvalue weighted by atomic mass is 9.93. The number of nitrogens with two attached hydrogens (primary N) is 1. The minimum atomic E-state index is -0.741. The van der Waals surface area contributed by atoms with Gasteiger partial charge in [-0.05, 0) is 23.6 Å². The molecular formula is C25H25N5O4. The maximum atomic E-state index is 13.3. The largest absolute Gasteiger partial charge is 0.496 e. The number of aromatic nitrogens is 1. The Labute approximate surface area is 196 Å². The molecule has 9 nitrogen and oxygen atoms in total. The smallest absolute Gasteiger partial charge is 0.290 e. The number of methoxy groups -OCH3 is 1. The van der Waals surface area contributed by atoms with Crippen molar-refractivity contribution in [2.75, 3.05) is 50.1 Å². The van der Waals surface area contributed by atoms with E-state index in [1.54, 1.807) is 23.2 Å². The number of ether oxygens (including phenoxy) is 1. The number of Topliss-reactive ketones (excluding diaryl/α,β-unsaturated/α-hetero) is 1. The highest BCUT2D eigenvalue weighted by Gasteiger charge is 2.39. The lowest BCUT2D eigenvalue weighted by Crippen LogP contribution is -2.51. The summed E-state index contributed by atoms with van der Waals surface area (Å²) < 4.78 is 5.41. The van der Waals surface area contributed by atoms with Crippen LogP contribution in [-0.2, 0) is 9.59 Å². The third-order valence-corrected chi connectivity index (χ3v) is 6.57. The molecule has 1 atom stereocenters. The van der Waals surface area contributed by atoms with Crippen LogP contribution in [-0.4, -0.2) is 67.3 Å². The minimum absolute atomic E-state index is 0.209.